The van der Waals surface area contributed by atoms with Crippen LogP contribution in [0.5, 0.6) is 5.75 Å². The molecule has 0 aliphatic heterocycles. The Kier molecular flexibility index (Phi) is 6.62. The number of aromatic hydroxyl groups is 1. The predicted molar refractivity (Wildman–Crippen MR) is 90.0 cm³/mol. The third-order valence-electron chi connectivity index (χ3n) is 4.27. The maximum Gasteiger partial charge on any atom is 0.234 e. The molecule has 0 saturated heterocycles. The summed E-state index contributed by atoms with van der Waals surface area (Å²) in [6.07, 6.45) is 4.76. The third kappa shape index (κ3) is 5.69. The second-order valence-corrected chi connectivity index (χ2v) is 6.13. The number of hydrogen-bond acceptors (Lipinski definition) is 4. The van der Waals surface area contributed by atoms with Gasteiger partial charge in [-0.05, 0) is 43.4 Å². The van der Waals surface area contributed by atoms with Crippen molar-refractivity contribution < 1.29 is 15.0 Å². The van der Waals surface area contributed by atoms with Crippen LogP contribution in [0.1, 0.15) is 31.2 Å². The Morgan fingerprint density at radius 3 is 2.74 bits per heavy atom. The van der Waals surface area contributed by atoms with Gasteiger partial charge in [0.15, 0.2) is 0 Å². The van der Waals surface area contributed by atoms with Gasteiger partial charge in [0.1, 0.15) is 5.75 Å². The molecule has 1 fully saturated rings. The van der Waals surface area contributed by atoms with Crippen LogP contribution in [0, 0.1) is 0 Å². The lowest BCUT2D eigenvalue weighted by Gasteiger charge is -2.35. The van der Waals surface area contributed by atoms with E-state index in [1.807, 2.05) is 12.1 Å². The maximum atomic E-state index is 12.1. The van der Waals surface area contributed by atoms with Crippen LogP contribution in [0.25, 0.3) is 0 Å². The van der Waals surface area contributed by atoms with E-state index in [1.54, 1.807) is 18.2 Å². The van der Waals surface area contributed by atoms with Crippen molar-refractivity contribution in [3.8, 4) is 5.75 Å². The van der Waals surface area contributed by atoms with E-state index in [4.69, 9.17) is 0 Å². The summed E-state index contributed by atoms with van der Waals surface area (Å²) in [4.78, 5) is 14.2. The van der Waals surface area contributed by atoms with E-state index in [9.17, 15) is 15.0 Å². The molecule has 5 nitrogen and oxygen atoms in total. The molecule has 2 rings (SSSR count). The fourth-order valence-electron chi connectivity index (χ4n) is 3.05. The molecule has 0 unspecified atom stereocenters. The molecular formula is C18H26N2O3. The SMILES string of the molecule is C=CCNC(=O)CN(Cc1cccc(O)c1)C1CCC(O)CC1. The zero-order chi connectivity index (χ0) is 16.7. The molecule has 0 radical (unpaired) electrons. The number of aliphatic hydroxyl groups is 1. The van der Waals surface area contributed by atoms with Crippen LogP contribution in [0.4, 0.5) is 0 Å². The highest BCUT2D eigenvalue weighted by molar-refractivity contribution is 5.78. The average Bonchev–Trinajstić information content (AvgIpc) is 2.53. The molecule has 0 atom stereocenters. The Balaban J connectivity index is 2.04. The number of carbonyl (C=O) groups is 1. The first-order chi connectivity index (χ1) is 11.1. The van der Waals surface area contributed by atoms with Gasteiger partial charge in [0, 0.05) is 19.1 Å². The minimum atomic E-state index is -0.219. The smallest absolute Gasteiger partial charge is 0.234 e. The van der Waals surface area contributed by atoms with Crippen molar-refractivity contribution in [2.45, 2.75) is 44.4 Å². The molecule has 1 amide bonds. The molecule has 0 spiro atoms. The Morgan fingerprint density at radius 1 is 1.35 bits per heavy atom. The van der Waals surface area contributed by atoms with Gasteiger partial charge < -0.3 is 15.5 Å². The van der Waals surface area contributed by atoms with Gasteiger partial charge >= 0.3 is 0 Å². The fourth-order valence-corrected chi connectivity index (χ4v) is 3.05. The Hall–Kier alpha value is -1.85. The lowest BCUT2D eigenvalue weighted by atomic mass is 9.91. The average molecular weight is 318 g/mol. The van der Waals surface area contributed by atoms with Gasteiger partial charge in [-0.2, -0.15) is 0 Å². The monoisotopic (exact) mass is 318 g/mol. The van der Waals surface area contributed by atoms with Crippen LogP contribution in [0.15, 0.2) is 36.9 Å². The normalized spacial score (nSPS) is 21.1. The summed E-state index contributed by atoms with van der Waals surface area (Å²) in [5.74, 6) is 0.203. The number of hydrogen-bond donors (Lipinski definition) is 3. The molecule has 0 bridgehead atoms. The summed E-state index contributed by atoms with van der Waals surface area (Å²) in [6, 6.07) is 7.40. The molecule has 1 saturated carbocycles. The number of nitrogens with one attached hydrogen (secondary N) is 1. The first-order valence-corrected chi connectivity index (χ1v) is 8.16. The second kappa shape index (κ2) is 8.70. The molecule has 1 aliphatic carbocycles. The van der Waals surface area contributed by atoms with Gasteiger partial charge in [-0.3, -0.25) is 9.69 Å². The van der Waals surface area contributed by atoms with Crippen molar-refractivity contribution >= 4 is 5.91 Å². The summed E-state index contributed by atoms with van der Waals surface area (Å²) >= 11 is 0. The van der Waals surface area contributed by atoms with Crippen LogP contribution < -0.4 is 5.32 Å². The summed E-state index contributed by atoms with van der Waals surface area (Å²) < 4.78 is 0. The standard InChI is InChI=1S/C18H26N2O3/c1-2-10-19-18(23)13-20(15-6-8-16(21)9-7-15)12-14-4-3-5-17(22)11-14/h2-5,11,15-16,21-22H,1,6-10,12-13H2,(H,19,23). The van der Waals surface area contributed by atoms with E-state index in [2.05, 4.69) is 16.8 Å². The van der Waals surface area contributed by atoms with Crippen molar-refractivity contribution in [3.63, 3.8) is 0 Å². The number of nitrogens with zero attached hydrogens (tertiary/aromatic N) is 1. The molecule has 3 N–H and O–H groups in total. The summed E-state index contributed by atoms with van der Waals surface area (Å²) in [5, 5.41) is 22.1. The lowest BCUT2D eigenvalue weighted by Crippen LogP contribution is -2.44. The van der Waals surface area contributed by atoms with Gasteiger partial charge in [-0.25, -0.2) is 0 Å². The highest BCUT2D eigenvalue weighted by Gasteiger charge is 2.26. The molecule has 1 aliphatic rings. The van der Waals surface area contributed by atoms with Gasteiger partial charge in [0.2, 0.25) is 5.91 Å². The number of phenols is 1. The summed E-state index contributed by atoms with van der Waals surface area (Å²) in [5.41, 5.74) is 0.979. The predicted octanol–water partition coefficient (Wildman–Crippen LogP) is 1.80. The number of carbonyl (C=O) groups excluding carboxylic acids is 1. The molecule has 5 heteroatoms. The second-order valence-electron chi connectivity index (χ2n) is 6.13. The van der Waals surface area contributed by atoms with E-state index in [-0.39, 0.29) is 23.8 Å². The molecular weight excluding hydrogens is 292 g/mol. The summed E-state index contributed by atoms with van der Waals surface area (Å²) in [7, 11) is 0. The highest BCUT2D eigenvalue weighted by atomic mass is 16.3. The van der Waals surface area contributed by atoms with Crippen LogP contribution in [-0.2, 0) is 11.3 Å². The molecule has 1 aromatic rings. The van der Waals surface area contributed by atoms with Gasteiger partial charge in [0.25, 0.3) is 0 Å². The molecule has 0 aromatic heterocycles. The zero-order valence-electron chi connectivity index (χ0n) is 13.4. The van der Waals surface area contributed by atoms with Crippen molar-refractivity contribution in [3.05, 3.63) is 42.5 Å². The van der Waals surface area contributed by atoms with Crippen molar-refractivity contribution in [2.75, 3.05) is 13.1 Å². The largest absolute Gasteiger partial charge is 0.508 e. The number of amides is 1. The Morgan fingerprint density at radius 2 is 2.09 bits per heavy atom. The number of aliphatic hydroxyl groups excluding tert-OH is 1. The quantitative estimate of drug-likeness (QED) is 0.670. The van der Waals surface area contributed by atoms with Crippen molar-refractivity contribution in [1.82, 2.24) is 10.2 Å². The van der Waals surface area contributed by atoms with Gasteiger partial charge in [-0.15, -0.1) is 6.58 Å². The molecule has 23 heavy (non-hydrogen) atoms. The fraction of sp³-hybridized carbons (Fsp3) is 0.500. The van der Waals surface area contributed by atoms with Crippen molar-refractivity contribution in [2.24, 2.45) is 0 Å². The van der Waals surface area contributed by atoms with Gasteiger partial charge in [0.05, 0.1) is 12.6 Å². The van der Waals surface area contributed by atoms with E-state index < -0.39 is 0 Å². The Bertz CT molecular complexity index is 525. The Labute approximate surface area is 137 Å². The zero-order valence-corrected chi connectivity index (χ0v) is 13.4. The first kappa shape index (κ1) is 17.5. The maximum absolute atomic E-state index is 12.1. The third-order valence-corrected chi connectivity index (χ3v) is 4.27. The molecule has 126 valence electrons. The number of rotatable bonds is 7. The van der Waals surface area contributed by atoms with Crippen LogP contribution in [0.2, 0.25) is 0 Å². The van der Waals surface area contributed by atoms with Crippen LogP contribution >= 0.6 is 0 Å². The molecule has 1 aromatic carbocycles. The number of benzene rings is 1. The highest BCUT2D eigenvalue weighted by Crippen LogP contribution is 2.25. The molecule has 0 heterocycles. The van der Waals surface area contributed by atoms with Crippen LogP contribution in [-0.4, -0.2) is 46.3 Å². The van der Waals surface area contributed by atoms with Crippen molar-refractivity contribution in [1.29, 1.82) is 0 Å². The van der Waals surface area contributed by atoms with E-state index in [1.165, 1.54) is 0 Å². The first-order valence-electron chi connectivity index (χ1n) is 8.16. The van der Waals surface area contributed by atoms with E-state index in [0.29, 0.717) is 19.6 Å². The van der Waals surface area contributed by atoms with Crippen LogP contribution in [0.3, 0.4) is 0 Å². The van der Waals surface area contributed by atoms with E-state index in [0.717, 1.165) is 31.2 Å². The number of phenolic OH excluding ortho intramolecular Hbond substituents is 1. The lowest BCUT2D eigenvalue weighted by molar-refractivity contribution is -0.123. The van der Waals surface area contributed by atoms with Gasteiger partial charge in [-0.1, -0.05) is 18.2 Å². The minimum Gasteiger partial charge on any atom is -0.508 e. The topological polar surface area (TPSA) is 72.8 Å². The van der Waals surface area contributed by atoms with E-state index >= 15 is 0 Å². The summed E-state index contributed by atoms with van der Waals surface area (Å²) in [6.45, 7) is 4.98. The minimum absolute atomic E-state index is 0.0313.